The summed E-state index contributed by atoms with van der Waals surface area (Å²) in [7, 11) is 0. The van der Waals surface area contributed by atoms with E-state index in [1.165, 1.54) is 87.7 Å². The number of thiol groups is 5. The summed E-state index contributed by atoms with van der Waals surface area (Å²) in [6, 6.07) is 81.9. The average Bonchev–Trinajstić information content (AvgIpc) is 3.77. The van der Waals surface area contributed by atoms with E-state index in [0.29, 0.717) is 33.0 Å². The fraction of sp³-hybridized carbons (Fsp3) is 0.250. The van der Waals surface area contributed by atoms with E-state index in [2.05, 4.69) is 219 Å². The minimum absolute atomic E-state index is 0. The van der Waals surface area contributed by atoms with Gasteiger partial charge in [0.05, 0.1) is 0 Å². The number of benzene rings is 10. The summed E-state index contributed by atoms with van der Waals surface area (Å²) in [6.07, 6.45) is 11.6. The number of hydrogen-bond acceptors (Lipinski definition) is 10. The van der Waals surface area contributed by atoms with Crippen LogP contribution in [0, 0.1) is 0 Å². The summed E-state index contributed by atoms with van der Waals surface area (Å²) in [6.45, 7) is 14.0. The van der Waals surface area contributed by atoms with Gasteiger partial charge in [0.15, 0.2) is 0 Å². The van der Waals surface area contributed by atoms with Gasteiger partial charge in [0.2, 0.25) is 0 Å². The zero-order valence-corrected chi connectivity index (χ0v) is 59.5. The maximum atomic E-state index is 5.71. The summed E-state index contributed by atoms with van der Waals surface area (Å²) < 4.78 is 28.6. The van der Waals surface area contributed by atoms with Crippen LogP contribution in [0.15, 0.2) is 267 Å². The highest BCUT2D eigenvalue weighted by atomic mass is 32.1. The first-order valence-electron chi connectivity index (χ1n) is 31.4. The van der Waals surface area contributed by atoms with E-state index >= 15 is 0 Å². The van der Waals surface area contributed by atoms with Crippen LogP contribution < -0.4 is 23.7 Å². The van der Waals surface area contributed by atoms with Crippen LogP contribution in [-0.4, -0.2) is 0 Å². The molecule has 0 spiro atoms. The van der Waals surface area contributed by atoms with E-state index in [-0.39, 0.29) is 23.5 Å². The minimum atomic E-state index is 0. The van der Waals surface area contributed by atoms with Crippen molar-refractivity contribution in [3.8, 4) is 28.7 Å². The Bertz CT molecular complexity index is 2950. The Hall–Kier alpha value is -7.40. The van der Waals surface area contributed by atoms with Gasteiger partial charge in [0.25, 0.3) is 0 Å². The Morgan fingerprint density at radius 2 is 0.295 bits per heavy atom. The number of halogens is 5. The average molecular weight is 1390 g/mol. The molecule has 10 aromatic rings. The molecule has 0 atom stereocenters. The molecule has 0 aromatic heterocycles. The van der Waals surface area contributed by atoms with E-state index in [1.54, 1.807) is 0 Å². The van der Waals surface area contributed by atoms with Gasteiger partial charge >= 0.3 is 0 Å². The molecule has 5 nitrogen and oxygen atoms in total. The molecule has 0 bridgehead atoms. The predicted molar refractivity (Wildman–Crippen MR) is 405 cm³/mol. The summed E-state index contributed by atoms with van der Waals surface area (Å²) in [5.41, 5.74) is 12.9. The molecule has 10 rings (SSSR count). The largest absolute Gasteiger partial charge is 0.489 e. The second kappa shape index (κ2) is 50.0. The highest BCUT2D eigenvalue weighted by molar-refractivity contribution is 7.81. The Balaban J connectivity index is 0.000000586. The zero-order valence-electron chi connectivity index (χ0n) is 55.0. The zero-order chi connectivity index (χ0) is 64.0. The molecule has 0 amide bonds. The lowest BCUT2D eigenvalue weighted by Gasteiger charge is -2.07. The smallest absolute Gasteiger partial charge is 0.119 e. The number of ether oxygens (including phenoxy) is 5. The molecule has 0 fully saturated rings. The first-order chi connectivity index (χ1) is 43.9. The van der Waals surface area contributed by atoms with Crippen LogP contribution in [0.2, 0.25) is 0 Å². The van der Waals surface area contributed by atoms with Crippen LogP contribution in [0.1, 0.15) is 122 Å². The van der Waals surface area contributed by atoms with Crippen LogP contribution in [0.3, 0.4) is 0 Å². The molecular weight excluding hydrogens is 1300 g/mol. The maximum Gasteiger partial charge on any atom is 0.119 e. The van der Waals surface area contributed by atoms with Gasteiger partial charge < -0.3 is 23.7 Å². The monoisotopic (exact) mass is 1390 g/mol. The van der Waals surface area contributed by atoms with Gasteiger partial charge in [-0.3, -0.25) is 23.5 Å². The lowest BCUT2D eigenvalue weighted by atomic mass is 10.1. The standard InChI is InChI=1S/5C16H18OS.5FH/c5*1-2-3-13-4-6-14(7-5-13)12-17-15-8-10-16(18)11-9-15;;;;;/h5*4-11,18H,2-3,12H2,1H3;5*1H. The molecule has 95 heavy (non-hydrogen) atoms. The van der Waals surface area contributed by atoms with Gasteiger partial charge in [0, 0.05) is 24.5 Å². The van der Waals surface area contributed by atoms with Crippen LogP contribution in [0.5, 0.6) is 28.7 Å². The summed E-state index contributed by atoms with van der Waals surface area (Å²) in [5, 5.41) is 0. The van der Waals surface area contributed by atoms with E-state index < -0.39 is 0 Å². The third-order valence-corrected chi connectivity index (χ3v) is 15.5. The third kappa shape index (κ3) is 35.3. The molecule has 0 aliphatic heterocycles. The Labute approximate surface area is 589 Å². The maximum absolute atomic E-state index is 5.71. The SMILES string of the molecule is CCCc1ccc(COc2ccc(S)cc2)cc1.CCCc1ccc(COc2ccc(S)cc2)cc1.CCCc1ccc(COc2ccc(S)cc2)cc1.CCCc1ccc(COc2ccc(S)cc2)cc1.CCCc1ccc(COc2ccc(S)cc2)cc1.F.F.F.F.F. The van der Waals surface area contributed by atoms with Crippen molar-refractivity contribution in [2.75, 3.05) is 0 Å². The number of rotatable bonds is 25. The molecular formula is C80H95F5O5S5. The third-order valence-electron chi connectivity index (χ3n) is 14.0. The molecule has 510 valence electrons. The predicted octanol–water partition coefficient (Wildman–Crippen LogP) is 23.3. The molecule has 0 heterocycles. The van der Waals surface area contributed by atoms with Gasteiger partial charge in [0.1, 0.15) is 61.8 Å². The molecule has 0 unspecified atom stereocenters. The Morgan fingerprint density at radius 3 is 0.411 bits per heavy atom. The Kier molecular flexibility index (Phi) is 45.1. The van der Waals surface area contributed by atoms with Crippen molar-refractivity contribution in [1.29, 1.82) is 0 Å². The van der Waals surface area contributed by atoms with Crippen LogP contribution in [0.4, 0.5) is 23.5 Å². The van der Waals surface area contributed by atoms with Crippen molar-refractivity contribution in [1.82, 2.24) is 0 Å². The summed E-state index contributed by atoms with van der Waals surface area (Å²) in [4.78, 5) is 4.75. The highest BCUT2D eigenvalue weighted by Crippen LogP contribution is 2.22. The molecule has 15 heteroatoms. The number of aryl methyl sites for hydroxylation is 5. The van der Waals surface area contributed by atoms with Crippen molar-refractivity contribution in [3.05, 3.63) is 298 Å². The fourth-order valence-electron chi connectivity index (χ4n) is 9.00. The quantitative estimate of drug-likeness (QED) is 0.0292. The normalized spacial score (nSPS) is 9.79. The highest BCUT2D eigenvalue weighted by Gasteiger charge is 2.03. The van der Waals surface area contributed by atoms with Gasteiger partial charge in [-0.15, -0.1) is 63.1 Å². The van der Waals surface area contributed by atoms with Crippen molar-refractivity contribution in [2.45, 2.75) is 156 Å². The Morgan fingerprint density at radius 1 is 0.179 bits per heavy atom. The lowest BCUT2D eigenvalue weighted by Crippen LogP contribution is -1.95. The van der Waals surface area contributed by atoms with Crippen molar-refractivity contribution >= 4 is 63.1 Å². The lowest BCUT2D eigenvalue weighted by molar-refractivity contribution is 0.306. The van der Waals surface area contributed by atoms with Crippen LogP contribution in [-0.2, 0) is 65.1 Å². The second-order valence-electron chi connectivity index (χ2n) is 21.7. The van der Waals surface area contributed by atoms with E-state index in [1.807, 2.05) is 121 Å². The molecule has 0 aliphatic rings. The molecule has 0 radical (unpaired) electrons. The van der Waals surface area contributed by atoms with Gasteiger partial charge in [-0.1, -0.05) is 188 Å². The van der Waals surface area contributed by atoms with Crippen molar-refractivity contribution < 1.29 is 47.2 Å². The fourth-order valence-corrected chi connectivity index (χ4v) is 9.74. The molecule has 10 aromatic carbocycles. The van der Waals surface area contributed by atoms with Gasteiger partial charge in [-0.05, 0) is 209 Å². The molecule has 0 N–H and O–H groups in total. The molecule has 0 saturated heterocycles. The minimum Gasteiger partial charge on any atom is -0.489 e. The first-order valence-corrected chi connectivity index (χ1v) is 33.6. The van der Waals surface area contributed by atoms with E-state index in [0.717, 1.165) is 85.3 Å². The van der Waals surface area contributed by atoms with Gasteiger partial charge in [-0.2, -0.15) is 0 Å². The van der Waals surface area contributed by atoms with Crippen LogP contribution >= 0.6 is 63.1 Å². The van der Waals surface area contributed by atoms with E-state index in [9.17, 15) is 0 Å². The first kappa shape index (κ1) is 85.6. The molecule has 0 aliphatic carbocycles. The van der Waals surface area contributed by atoms with Crippen molar-refractivity contribution in [2.24, 2.45) is 0 Å². The van der Waals surface area contributed by atoms with Gasteiger partial charge in [-0.25, -0.2) is 0 Å². The summed E-state index contributed by atoms with van der Waals surface area (Å²) in [5.74, 6) is 4.40. The molecule has 0 saturated carbocycles. The van der Waals surface area contributed by atoms with Crippen molar-refractivity contribution in [3.63, 3.8) is 0 Å². The second-order valence-corrected chi connectivity index (χ2v) is 24.3. The van der Waals surface area contributed by atoms with Crippen LogP contribution in [0.25, 0.3) is 0 Å². The number of hydrogen-bond donors (Lipinski definition) is 5. The van der Waals surface area contributed by atoms with E-state index in [4.69, 9.17) is 23.7 Å². The summed E-state index contributed by atoms with van der Waals surface area (Å²) >= 11 is 21.2. The topological polar surface area (TPSA) is 46.2 Å².